The molecule has 0 aliphatic rings. The maximum Gasteiger partial charge on any atom is 0.182 e. The smallest absolute Gasteiger partial charge is 0.182 e. The summed E-state index contributed by atoms with van der Waals surface area (Å²) in [6, 6.07) is 33.1. The predicted octanol–water partition coefficient (Wildman–Crippen LogP) is 10.6. The number of carbonyl (C=O) groups excluding carboxylic acids is 1. The molecule has 4 rings (SSSR count). The van der Waals surface area contributed by atoms with Crippen molar-refractivity contribution in [1.82, 2.24) is 0 Å². The average Bonchev–Trinajstić information content (AvgIpc) is 2.98. The molecule has 4 aromatic rings. The fraction of sp³-hybridized carbons (Fsp3) is 0.333. The molecule has 0 unspecified atom stereocenters. The Morgan fingerprint density at radius 3 is 1.38 bits per heavy atom. The van der Waals surface area contributed by atoms with Crippen molar-refractivity contribution in [1.29, 1.82) is 0 Å². The van der Waals surface area contributed by atoms with Crippen LogP contribution in [0.2, 0.25) is 0 Å². The highest BCUT2D eigenvalue weighted by Gasteiger charge is 2.27. The van der Waals surface area contributed by atoms with Gasteiger partial charge in [0.2, 0.25) is 0 Å². The lowest BCUT2D eigenvalue weighted by molar-refractivity contribution is 0.100. The van der Waals surface area contributed by atoms with Crippen LogP contribution < -0.4 is 4.90 Å². The monoisotopic (exact) mass is 558 g/mol. The number of benzene rings is 4. The first-order valence-electron chi connectivity index (χ1n) is 15.4. The molecule has 0 saturated carbocycles. The lowest BCUT2D eigenvalue weighted by atomic mass is 9.91. The standard InChI is InChI=1S/C39H46N2O/c1-26(2)32-21-15-22-33(27(3)4)37(32)40-39(31-19-13-10-14-20-31)41(25-36(42)30-17-11-9-12-18-30)38-34(28(5)6)23-16-24-35(38)29(7)8/h9-24,26-29H,25H2,1-8H3/b40-39+. The van der Waals surface area contributed by atoms with Gasteiger partial charge < -0.3 is 4.90 Å². The van der Waals surface area contributed by atoms with Crippen molar-refractivity contribution in [2.75, 3.05) is 11.4 Å². The number of hydrogen-bond acceptors (Lipinski definition) is 2. The summed E-state index contributed by atoms with van der Waals surface area (Å²) in [6.45, 7) is 18.0. The zero-order valence-electron chi connectivity index (χ0n) is 26.6. The number of rotatable bonds is 10. The molecular weight excluding hydrogens is 512 g/mol. The maximum atomic E-state index is 14.0. The topological polar surface area (TPSA) is 32.7 Å². The van der Waals surface area contributed by atoms with Crippen molar-refractivity contribution >= 4 is 23.0 Å². The van der Waals surface area contributed by atoms with Gasteiger partial charge in [0.05, 0.1) is 12.2 Å². The van der Waals surface area contributed by atoms with Gasteiger partial charge in [0.25, 0.3) is 0 Å². The van der Waals surface area contributed by atoms with Gasteiger partial charge in [-0.3, -0.25) is 4.79 Å². The Labute approximate surface area is 253 Å². The number of anilines is 1. The normalized spacial score (nSPS) is 12.0. The van der Waals surface area contributed by atoms with Crippen LogP contribution in [0, 0.1) is 0 Å². The van der Waals surface area contributed by atoms with E-state index in [2.05, 4.69) is 121 Å². The van der Waals surface area contributed by atoms with Gasteiger partial charge in [0.1, 0.15) is 5.84 Å². The summed E-state index contributed by atoms with van der Waals surface area (Å²) in [7, 11) is 0. The fourth-order valence-electron chi connectivity index (χ4n) is 5.56. The molecule has 0 spiro atoms. The van der Waals surface area contributed by atoms with Crippen LogP contribution >= 0.6 is 0 Å². The molecule has 3 heteroatoms. The molecule has 3 nitrogen and oxygen atoms in total. The van der Waals surface area contributed by atoms with Gasteiger partial charge in [-0.2, -0.15) is 0 Å². The van der Waals surface area contributed by atoms with Crippen molar-refractivity contribution < 1.29 is 4.79 Å². The number of aliphatic imine (C=N–C) groups is 1. The molecule has 218 valence electrons. The molecule has 0 atom stereocenters. The Balaban J connectivity index is 2.10. The summed E-state index contributed by atoms with van der Waals surface area (Å²) >= 11 is 0. The van der Waals surface area contributed by atoms with Gasteiger partial charge in [-0.25, -0.2) is 4.99 Å². The molecule has 0 aromatic heterocycles. The van der Waals surface area contributed by atoms with E-state index in [1.807, 2.05) is 36.4 Å². The lowest BCUT2D eigenvalue weighted by Gasteiger charge is -2.33. The van der Waals surface area contributed by atoms with Crippen LogP contribution in [0.1, 0.15) is 117 Å². The van der Waals surface area contributed by atoms with Crippen molar-refractivity contribution in [3.8, 4) is 0 Å². The Morgan fingerprint density at radius 2 is 0.952 bits per heavy atom. The van der Waals surface area contributed by atoms with Crippen molar-refractivity contribution in [2.24, 2.45) is 4.99 Å². The molecule has 0 aliphatic heterocycles. The Kier molecular flexibility index (Phi) is 10.2. The highest BCUT2D eigenvalue weighted by Crippen LogP contribution is 2.39. The molecule has 0 bridgehead atoms. The Hall–Kier alpha value is -3.98. The largest absolute Gasteiger partial charge is 0.317 e. The highest BCUT2D eigenvalue weighted by atomic mass is 16.1. The summed E-state index contributed by atoms with van der Waals surface area (Å²) < 4.78 is 0. The summed E-state index contributed by atoms with van der Waals surface area (Å²) in [5.74, 6) is 1.98. The molecule has 4 aromatic carbocycles. The van der Waals surface area contributed by atoms with Crippen molar-refractivity contribution in [3.05, 3.63) is 130 Å². The SMILES string of the molecule is CC(C)c1cccc(C(C)C)c1/N=C(\c1ccccc1)N(CC(=O)c1ccccc1)c1c(C(C)C)cccc1C(C)C. The number of Topliss-reactive ketones (excluding diaryl/α,β-unsaturated/α-hetero) is 1. The molecule has 0 amide bonds. The van der Waals surface area contributed by atoms with Gasteiger partial charge in [-0.15, -0.1) is 0 Å². The van der Waals surface area contributed by atoms with Crippen LogP contribution in [0.25, 0.3) is 0 Å². The number of ketones is 1. The molecule has 42 heavy (non-hydrogen) atoms. The second kappa shape index (κ2) is 13.8. The van der Waals surface area contributed by atoms with Crippen molar-refractivity contribution in [2.45, 2.75) is 79.1 Å². The minimum Gasteiger partial charge on any atom is -0.317 e. The summed E-state index contributed by atoms with van der Waals surface area (Å²) in [5.41, 5.74) is 8.64. The summed E-state index contributed by atoms with van der Waals surface area (Å²) in [5, 5.41) is 0. The molecule has 0 radical (unpaired) electrons. The number of amidine groups is 1. The first-order chi connectivity index (χ1) is 20.1. The average molecular weight is 559 g/mol. The quantitative estimate of drug-likeness (QED) is 0.110. The van der Waals surface area contributed by atoms with Gasteiger partial charge in [-0.05, 0) is 45.9 Å². The molecule has 0 heterocycles. The van der Waals surface area contributed by atoms with E-state index in [1.165, 1.54) is 22.3 Å². The maximum absolute atomic E-state index is 14.0. The van der Waals surface area contributed by atoms with E-state index in [0.29, 0.717) is 17.4 Å². The first-order valence-corrected chi connectivity index (χ1v) is 15.4. The summed E-state index contributed by atoms with van der Waals surface area (Å²) in [6.07, 6.45) is 0. The minimum absolute atomic E-state index is 0.0636. The van der Waals surface area contributed by atoms with E-state index in [4.69, 9.17) is 4.99 Å². The van der Waals surface area contributed by atoms with E-state index in [-0.39, 0.29) is 24.2 Å². The predicted molar refractivity (Wildman–Crippen MR) is 180 cm³/mol. The van der Waals surface area contributed by atoms with E-state index in [0.717, 1.165) is 22.8 Å². The van der Waals surface area contributed by atoms with E-state index in [9.17, 15) is 4.79 Å². The minimum atomic E-state index is 0.0636. The summed E-state index contributed by atoms with van der Waals surface area (Å²) in [4.78, 5) is 21.8. The highest BCUT2D eigenvalue weighted by molar-refractivity contribution is 6.15. The van der Waals surface area contributed by atoms with Crippen LogP contribution in [-0.4, -0.2) is 18.2 Å². The zero-order chi connectivity index (χ0) is 30.4. The van der Waals surface area contributed by atoms with E-state index in [1.54, 1.807) is 0 Å². The zero-order valence-corrected chi connectivity index (χ0v) is 26.6. The number of nitrogens with zero attached hydrogens (tertiary/aromatic N) is 2. The first kappa shape index (κ1) is 31.0. The van der Waals surface area contributed by atoms with Crippen LogP contribution in [0.15, 0.2) is 102 Å². The molecule has 0 N–H and O–H groups in total. The molecule has 0 aliphatic carbocycles. The van der Waals surface area contributed by atoms with Gasteiger partial charge in [-0.1, -0.05) is 152 Å². The second-order valence-corrected chi connectivity index (χ2v) is 12.4. The third kappa shape index (κ3) is 6.90. The van der Waals surface area contributed by atoms with Gasteiger partial charge in [0.15, 0.2) is 5.78 Å². The van der Waals surface area contributed by atoms with E-state index < -0.39 is 0 Å². The van der Waals surface area contributed by atoms with Gasteiger partial charge in [0, 0.05) is 16.8 Å². The van der Waals surface area contributed by atoms with Crippen LogP contribution in [-0.2, 0) is 0 Å². The third-order valence-electron chi connectivity index (χ3n) is 7.86. The van der Waals surface area contributed by atoms with Crippen molar-refractivity contribution in [3.63, 3.8) is 0 Å². The number of carbonyl (C=O) groups is 1. The molecular formula is C39H46N2O. The fourth-order valence-corrected chi connectivity index (χ4v) is 5.56. The second-order valence-electron chi connectivity index (χ2n) is 12.4. The number of hydrogen-bond donors (Lipinski definition) is 0. The lowest BCUT2D eigenvalue weighted by Crippen LogP contribution is -2.38. The third-order valence-corrected chi connectivity index (χ3v) is 7.86. The Morgan fingerprint density at radius 1 is 0.548 bits per heavy atom. The van der Waals surface area contributed by atoms with Crippen LogP contribution in [0.5, 0.6) is 0 Å². The molecule has 0 saturated heterocycles. The van der Waals surface area contributed by atoms with Crippen LogP contribution in [0.3, 0.4) is 0 Å². The Bertz CT molecular complexity index is 1460. The number of para-hydroxylation sites is 2. The van der Waals surface area contributed by atoms with Gasteiger partial charge >= 0.3 is 0 Å². The van der Waals surface area contributed by atoms with E-state index >= 15 is 0 Å². The molecule has 0 fully saturated rings. The van der Waals surface area contributed by atoms with Crippen LogP contribution in [0.4, 0.5) is 11.4 Å².